The maximum Gasteiger partial charge on any atom is 0.337 e. The van der Waals surface area contributed by atoms with Crippen LogP contribution < -0.4 is 10.6 Å². The summed E-state index contributed by atoms with van der Waals surface area (Å²) in [6, 6.07) is 2.39. The number of anilines is 1. The largest absolute Gasteiger partial charge is 0.478 e. The van der Waals surface area contributed by atoms with E-state index in [1.165, 1.54) is 20.2 Å². The first-order valence-corrected chi connectivity index (χ1v) is 7.30. The van der Waals surface area contributed by atoms with Gasteiger partial charge in [0.15, 0.2) is 0 Å². The van der Waals surface area contributed by atoms with Crippen molar-refractivity contribution < 1.29 is 19.5 Å². The lowest BCUT2D eigenvalue weighted by Gasteiger charge is -2.18. The second-order valence-electron chi connectivity index (χ2n) is 4.07. The molecule has 9 heteroatoms. The van der Waals surface area contributed by atoms with Gasteiger partial charge in [-0.1, -0.05) is 15.9 Å². The van der Waals surface area contributed by atoms with Crippen LogP contribution in [0.3, 0.4) is 0 Å². The molecule has 0 aliphatic carbocycles. The number of hydrogen-bond acceptors (Lipinski definition) is 3. The van der Waals surface area contributed by atoms with Crippen LogP contribution in [0.4, 0.5) is 10.5 Å². The van der Waals surface area contributed by atoms with Gasteiger partial charge in [-0.15, -0.1) is 0 Å². The highest BCUT2D eigenvalue weighted by atomic mass is 79.9. The highest BCUT2D eigenvalue weighted by Crippen LogP contribution is 2.31. The van der Waals surface area contributed by atoms with E-state index in [0.29, 0.717) is 8.95 Å². The molecule has 0 bridgehead atoms. The Hall–Kier alpha value is -1.61. The first kappa shape index (κ1) is 17.4. The Morgan fingerprint density at radius 3 is 2.43 bits per heavy atom. The van der Waals surface area contributed by atoms with E-state index >= 15 is 0 Å². The van der Waals surface area contributed by atoms with E-state index < -0.39 is 12.0 Å². The fraction of sp³-hybridized carbons (Fsp3) is 0.250. The Balaban J connectivity index is 2.99. The molecule has 0 saturated carbocycles. The van der Waals surface area contributed by atoms with Crippen LogP contribution in [-0.2, 0) is 4.79 Å². The molecule has 1 aromatic rings. The lowest BCUT2D eigenvalue weighted by atomic mass is 10.2. The Morgan fingerprint density at radius 2 is 1.90 bits per heavy atom. The first-order valence-electron chi connectivity index (χ1n) is 5.71. The van der Waals surface area contributed by atoms with E-state index in [4.69, 9.17) is 0 Å². The predicted molar refractivity (Wildman–Crippen MR) is 84.5 cm³/mol. The number of halogens is 2. The Kier molecular flexibility index (Phi) is 6.16. The molecule has 0 saturated heterocycles. The molecule has 0 radical (unpaired) electrons. The summed E-state index contributed by atoms with van der Waals surface area (Å²) in [5, 5.41) is 14.0. The molecule has 0 atom stereocenters. The summed E-state index contributed by atoms with van der Waals surface area (Å²) in [6.45, 7) is -0.140. The third-order valence-corrected chi connectivity index (χ3v) is 3.61. The standard InChI is InChI=1S/C12H13Br2N3O4/c1-15-9(18)5-17(2)12(21)16-10-7(11(19)20)3-6(13)4-8(10)14/h3-4H,5H2,1-2H3,(H,15,18)(H,16,21)(H,19,20). The van der Waals surface area contributed by atoms with Crippen molar-refractivity contribution in [2.24, 2.45) is 0 Å². The molecule has 3 N–H and O–H groups in total. The number of aromatic carboxylic acids is 1. The summed E-state index contributed by atoms with van der Waals surface area (Å²) in [5.74, 6) is -1.51. The maximum absolute atomic E-state index is 12.0. The van der Waals surface area contributed by atoms with Crippen LogP contribution in [0.25, 0.3) is 0 Å². The van der Waals surface area contributed by atoms with Crippen LogP contribution in [0.5, 0.6) is 0 Å². The van der Waals surface area contributed by atoms with Crippen LogP contribution >= 0.6 is 31.9 Å². The molecular formula is C12H13Br2N3O4. The zero-order chi connectivity index (χ0) is 16.2. The van der Waals surface area contributed by atoms with E-state index in [9.17, 15) is 19.5 Å². The van der Waals surface area contributed by atoms with E-state index in [-0.39, 0.29) is 23.7 Å². The van der Waals surface area contributed by atoms with Gasteiger partial charge in [-0.25, -0.2) is 9.59 Å². The quantitative estimate of drug-likeness (QED) is 0.691. The van der Waals surface area contributed by atoms with Gasteiger partial charge in [0.1, 0.15) is 6.54 Å². The minimum atomic E-state index is -1.18. The van der Waals surface area contributed by atoms with Gasteiger partial charge >= 0.3 is 12.0 Å². The zero-order valence-corrected chi connectivity index (χ0v) is 14.4. The Bertz CT molecular complexity index is 592. The number of hydrogen-bond donors (Lipinski definition) is 3. The van der Waals surface area contributed by atoms with Gasteiger partial charge in [0.25, 0.3) is 0 Å². The number of nitrogens with one attached hydrogen (secondary N) is 2. The number of carbonyl (C=O) groups excluding carboxylic acids is 2. The van der Waals surface area contributed by atoms with Gasteiger partial charge in [-0.05, 0) is 28.1 Å². The minimum Gasteiger partial charge on any atom is -0.478 e. The van der Waals surface area contributed by atoms with Crippen LogP contribution in [0, 0.1) is 0 Å². The highest BCUT2D eigenvalue weighted by Gasteiger charge is 2.19. The van der Waals surface area contributed by atoms with E-state index in [1.807, 2.05) is 0 Å². The summed E-state index contributed by atoms with van der Waals surface area (Å²) in [7, 11) is 2.89. The van der Waals surface area contributed by atoms with Crippen LogP contribution in [0.1, 0.15) is 10.4 Å². The van der Waals surface area contributed by atoms with Gasteiger partial charge in [-0.3, -0.25) is 4.79 Å². The van der Waals surface area contributed by atoms with Crippen molar-refractivity contribution in [3.63, 3.8) is 0 Å². The lowest BCUT2D eigenvalue weighted by molar-refractivity contribution is -0.120. The lowest BCUT2D eigenvalue weighted by Crippen LogP contribution is -2.39. The molecule has 1 rings (SSSR count). The predicted octanol–water partition coefficient (Wildman–Crippen LogP) is 2.12. The fourth-order valence-corrected chi connectivity index (χ4v) is 2.76. The first-order chi connectivity index (χ1) is 9.76. The Labute approximate surface area is 137 Å². The molecule has 1 aromatic carbocycles. The molecule has 0 unspecified atom stereocenters. The van der Waals surface area contributed by atoms with Crippen LogP contribution in [-0.4, -0.2) is 48.6 Å². The van der Waals surface area contributed by atoms with Crippen molar-refractivity contribution in [2.75, 3.05) is 26.0 Å². The van der Waals surface area contributed by atoms with Crippen molar-refractivity contribution in [3.8, 4) is 0 Å². The van der Waals surface area contributed by atoms with Gasteiger partial charge in [-0.2, -0.15) is 0 Å². The SMILES string of the molecule is CNC(=O)CN(C)C(=O)Nc1c(Br)cc(Br)cc1C(=O)O. The van der Waals surface area contributed by atoms with Gasteiger partial charge in [0, 0.05) is 23.0 Å². The molecule has 0 aliphatic heterocycles. The molecule has 0 spiro atoms. The Morgan fingerprint density at radius 1 is 1.29 bits per heavy atom. The molecule has 0 fully saturated rings. The minimum absolute atomic E-state index is 0.0713. The normalized spacial score (nSPS) is 9.90. The van der Waals surface area contributed by atoms with Crippen molar-refractivity contribution in [1.82, 2.24) is 10.2 Å². The second-order valence-corrected chi connectivity index (χ2v) is 5.84. The average molecular weight is 423 g/mol. The number of urea groups is 1. The van der Waals surface area contributed by atoms with E-state index in [2.05, 4.69) is 42.5 Å². The molecule has 7 nitrogen and oxygen atoms in total. The summed E-state index contributed by atoms with van der Waals surface area (Å²) in [5.41, 5.74) is 0.0531. The summed E-state index contributed by atoms with van der Waals surface area (Å²) < 4.78 is 0.972. The summed E-state index contributed by atoms with van der Waals surface area (Å²) in [6.07, 6.45) is 0. The van der Waals surface area contributed by atoms with Crippen molar-refractivity contribution >= 4 is 55.5 Å². The van der Waals surface area contributed by atoms with Crippen LogP contribution in [0.15, 0.2) is 21.1 Å². The number of nitrogens with zero attached hydrogens (tertiary/aromatic N) is 1. The topological polar surface area (TPSA) is 98.7 Å². The number of benzene rings is 1. The zero-order valence-electron chi connectivity index (χ0n) is 11.2. The molecular weight excluding hydrogens is 410 g/mol. The third kappa shape index (κ3) is 4.71. The van der Waals surface area contributed by atoms with Gasteiger partial charge in [0.2, 0.25) is 5.91 Å². The van der Waals surface area contributed by atoms with Crippen LogP contribution in [0.2, 0.25) is 0 Å². The fourth-order valence-electron chi connectivity index (χ4n) is 1.44. The van der Waals surface area contributed by atoms with Crippen molar-refractivity contribution in [1.29, 1.82) is 0 Å². The number of rotatable bonds is 4. The average Bonchev–Trinajstić information content (AvgIpc) is 2.40. The maximum atomic E-state index is 12.0. The smallest absolute Gasteiger partial charge is 0.337 e. The van der Waals surface area contributed by atoms with Gasteiger partial charge < -0.3 is 20.6 Å². The van der Waals surface area contributed by atoms with E-state index in [0.717, 1.165) is 4.90 Å². The molecule has 21 heavy (non-hydrogen) atoms. The summed E-state index contributed by atoms with van der Waals surface area (Å²) in [4.78, 5) is 35.6. The number of amides is 3. The molecule has 3 amide bonds. The van der Waals surface area contributed by atoms with Gasteiger partial charge in [0.05, 0.1) is 11.3 Å². The second kappa shape index (κ2) is 7.41. The summed E-state index contributed by atoms with van der Waals surface area (Å²) >= 11 is 6.39. The molecule has 0 heterocycles. The number of carbonyl (C=O) groups is 3. The number of carboxylic acid groups (broad SMARTS) is 1. The molecule has 114 valence electrons. The molecule has 0 aromatic heterocycles. The van der Waals surface area contributed by atoms with E-state index in [1.54, 1.807) is 6.07 Å². The molecule has 0 aliphatic rings. The monoisotopic (exact) mass is 421 g/mol. The van der Waals surface area contributed by atoms with Crippen molar-refractivity contribution in [3.05, 3.63) is 26.6 Å². The number of likely N-dealkylation sites (N-methyl/N-ethyl adjacent to an activating group) is 2. The third-order valence-electron chi connectivity index (χ3n) is 2.52. The number of carboxylic acids is 1. The highest BCUT2D eigenvalue weighted by molar-refractivity contribution is 9.11. The van der Waals surface area contributed by atoms with Crippen molar-refractivity contribution in [2.45, 2.75) is 0 Å².